The third-order valence-corrected chi connectivity index (χ3v) is 6.95. The molecule has 0 radical (unpaired) electrons. The molecule has 0 unspecified atom stereocenters. The summed E-state index contributed by atoms with van der Waals surface area (Å²) in [5.41, 5.74) is 0.662. The van der Waals surface area contributed by atoms with E-state index in [0.717, 1.165) is 75.4 Å². The van der Waals surface area contributed by atoms with Gasteiger partial charge in [0.05, 0.1) is 11.1 Å². The number of halogens is 3. The Bertz CT molecular complexity index is 1090. The summed E-state index contributed by atoms with van der Waals surface area (Å²) in [6.07, 6.45) is 0.434. The van der Waals surface area contributed by atoms with Crippen molar-refractivity contribution in [2.75, 3.05) is 31.5 Å². The Morgan fingerprint density at radius 2 is 2.03 bits per heavy atom. The summed E-state index contributed by atoms with van der Waals surface area (Å²) < 4.78 is 39.7. The number of nitrogens with zero attached hydrogens (tertiary/aromatic N) is 2. The predicted molar refractivity (Wildman–Crippen MR) is 129 cm³/mol. The van der Waals surface area contributed by atoms with E-state index in [2.05, 4.69) is 27.7 Å². The topological polar surface area (TPSA) is 94.6 Å². The van der Waals surface area contributed by atoms with Gasteiger partial charge < -0.3 is 20.6 Å². The van der Waals surface area contributed by atoms with Gasteiger partial charge in [0.15, 0.2) is 0 Å². The lowest BCUT2D eigenvalue weighted by atomic mass is 10.00. The van der Waals surface area contributed by atoms with Crippen LogP contribution in [0, 0.1) is 5.92 Å². The Kier molecular flexibility index (Phi) is 8.13. The van der Waals surface area contributed by atoms with Crippen LogP contribution in [0.2, 0.25) is 0 Å². The molecular weight excluding hydrogens is 473 g/mol. The third-order valence-electron chi connectivity index (χ3n) is 6.95. The molecule has 3 heterocycles. The van der Waals surface area contributed by atoms with Crippen molar-refractivity contribution >= 4 is 17.7 Å². The van der Waals surface area contributed by atoms with E-state index >= 15 is 0 Å². The van der Waals surface area contributed by atoms with Crippen molar-refractivity contribution in [1.82, 2.24) is 15.2 Å². The zero-order valence-electron chi connectivity index (χ0n) is 20.0. The highest BCUT2D eigenvalue weighted by atomic mass is 19.4. The molecule has 1 saturated heterocycles. The van der Waals surface area contributed by atoms with Gasteiger partial charge in [-0.2, -0.15) is 13.2 Å². The van der Waals surface area contributed by atoms with Gasteiger partial charge in [-0.25, -0.2) is 9.78 Å². The number of likely N-dealkylation sites (tertiary alicyclic amines) is 1. The molecule has 0 aliphatic carbocycles. The van der Waals surface area contributed by atoms with Crippen LogP contribution in [0.25, 0.3) is 0 Å². The Hall–Kier alpha value is -3.14. The van der Waals surface area contributed by atoms with Crippen molar-refractivity contribution in [1.29, 1.82) is 0 Å². The average molecular weight is 505 g/mol. The fourth-order valence-corrected chi connectivity index (χ4v) is 4.95. The molecule has 194 valence electrons. The number of benzene rings is 1. The maximum Gasteiger partial charge on any atom is 0.417 e. The SMILES string of the molecule is O=C(N[C@@H](CCN1CC[C@@H](CCc2ccc3c(n2)NCCC3)C1)C(=O)O)c1ccccc1C(F)(F)F. The number of hydrogen-bond donors (Lipinski definition) is 3. The lowest BCUT2D eigenvalue weighted by Gasteiger charge is -2.21. The summed E-state index contributed by atoms with van der Waals surface area (Å²) in [4.78, 5) is 31.1. The summed E-state index contributed by atoms with van der Waals surface area (Å²) in [7, 11) is 0. The Labute approximate surface area is 208 Å². The molecule has 2 aliphatic rings. The third kappa shape index (κ3) is 6.54. The molecule has 1 fully saturated rings. The zero-order chi connectivity index (χ0) is 25.7. The Morgan fingerprint density at radius 1 is 1.22 bits per heavy atom. The van der Waals surface area contributed by atoms with Gasteiger partial charge in [-0.15, -0.1) is 0 Å². The van der Waals surface area contributed by atoms with Crippen molar-refractivity contribution in [3.63, 3.8) is 0 Å². The first-order valence-electron chi connectivity index (χ1n) is 12.4. The van der Waals surface area contributed by atoms with Crippen LogP contribution in [-0.2, 0) is 23.8 Å². The standard InChI is InChI=1S/C26H31F3N4O3/c27-26(28,29)21-6-2-1-5-20(21)24(34)32-22(25(35)36)12-15-33-14-11-17(16-33)7-9-19-10-8-18-4-3-13-30-23(18)31-19/h1-2,5-6,8,10,17,22H,3-4,7,9,11-16H2,(H,30,31)(H,32,34)(H,35,36)/t17-,22+/m1/s1. The number of carbonyl (C=O) groups excluding carboxylic acids is 1. The summed E-state index contributed by atoms with van der Waals surface area (Å²) in [6, 6.07) is 7.34. The molecule has 2 atom stereocenters. The number of amides is 1. The zero-order valence-corrected chi connectivity index (χ0v) is 20.0. The first-order chi connectivity index (χ1) is 17.2. The minimum atomic E-state index is -4.71. The number of anilines is 1. The molecule has 7 nitrogen and oxygen atoms in total. The number of hydrogen-bond acceptors (Lipinski definition) is 5. The van der Waals surface area contributed by atoms with Crippen LogP contribution in [0.3, 0.4) is 0 Å². The van der Waals surface area contributed by atoms with Crippen LogP contribution < -0.4 is 10.6 Å². The lowest BCUT2D eigenvalue weighted by Crippen LogP contribution is -2.43. The monoisotopic (exact) mass is 504 g/mol. The van der Waals surface area contributed by atoms with Crippen LogP contribution in [0.15, 0.2) is 36.4 Å². The molecule has 0 saturated carbocycles. The largest absolute Gasteiger partial charge is 0.480 e. The molecule has 1 aromatic carbocycles. The summed E-state index contributed by atoms with van der Waals surface area (Å²) in [5, 5.41) is 15.2. The molecule has 1 aromatic heterocycles. The van der Waals surface area contributed by atoms with E-state index in [1.54, 1.807) is 0 Å². The number of aliphatic carboxylic acids is 1. The second-order valence-electron chi connectivity index (χ2n) is 9.53. The first-order valence-corrected chi connectivity index (χ1v) is 12.4. The summed E-state index contributed by atoms with van der Waals surface area (Å²) in [5.74, 6) is -0.851. The second-order valence-corrected chi connectivity index (χ2v) is 9.53. The number of aryl methyl sites for hydroxylation is 2. The second kappa shape index (κ2) is 11.3. The maximum absolute atomic E-state index is 13.2. The molecule has 0 spiro atoms. The van der Waals surface area contributed by atoms with Gasteiger partial charge >= 0.3 is 12.1 Å². The van der Waals surface area contributed by atoms with Crippen LogP contribution in [0.1, 0.15) is 52.9 Å². The predicted octanol–water partition coefficient (Wildman–Crippen LogP) is 3.99. The molecular formula is C26H31F3N4O3. The number of nitrogens with one attached hydrogen (secondary N) is 2. The number of rotatable bonds is 9. The maximum atomic E-state index is 13.2. The minimum Gasteiger partial charge on any atom is -0.480 e. The highest BCUT2D eigenvalue weighted by Crippen LogP contribution is 2.32. The number of alkyl halides is 3. The van der Waals surface area contributed by atoms with E-state index in [1.807, 2.05) is 0 Å². The van der Waals surface area contributed by atoms with Gasteiger partial charge in [0.2, 0.25) is 0 Å². The van der Waals surface area contributed by atoms with E-state index in [9.17, 15) is 27.9 Å². The van der Waals surface area contributed by atoms with Gasteiger partial charge in [-0.05, 0) is 74.8 Å². The lowest BCUT2D eigenvalue weighted by molar-refractivity contribution is -0.139. The number of fused-ring (bicyclic) bond motifs is 1. The van der Waals surface area contributed by atoms with Gasteiger partial charge in [0.25, 0.3) is 5.91 Å². The van der Waals surface area contributed by atoms with E-state index in [-0.39, 0.29) is 6.42 Å². The summed E-state index contributed by atoms with van der Waals surface area (Å²) >= 11 is 0. The number of carbonyl (C=O) groups is 2. The van der Waals surface area contributed by atoms with Crippen molar-refractivity contribution in [3.8, 4) is 0 Å². The molecule has 4 rings (SSSR count). The number of aromatic nitrogens is 1. The van der Waals surface area contributed by atoms with E-state index in [4.69, 9.17) is 4.98 Å². The molecule has 0 bridgehead atoms. The minimum absolute atomic E-state index is 0.111. The first kappa shape index (κ1) is 25.9. The van der Waals surface area contributed by atoms with Crippen LogP contribution in [-0.4, -0.2) is 59.1 Å². The van der Waals surface area contributed by atoms with Crippen LogP contribution in [0.5, 0.6) is 0 Å². The molecule has 1 amide bonds. The molecule has 10 heteroatoms. The normalized spacial score (nSPS) is 18.8. The van der Waals surface area contributed by atoms with Gasteiger partial charge in [-0.3, -0.25) is 4.79 Å². The van der Waals surface area contributed by atoms with E-state index in [0.29, 0.717) is 12.5 Å². The highest BCUT2D eigenvalue weighted by Gasteiger charge is 2.35. The van der Waals surface area contributed by atoms with Gasteiger partial charge in [0, 0.05) is 25.3 Å². The van der Waals surface area contributed by atoms with Crippen molar-refractivity contribution in [2.24, 2.45) is 5.92 Å². The Balaban J connectivity index is 1.26. The smallest absolute Gasteiger partial charge is 0.417 e. The van der Waals surface area contributed by atoms with E-state index in [1.165, 1.54) is 17.7 Å². The van der Waals surface area contributed by atoms with Crippen molar-refractivity contribution in [2.45, 2.75) is 50.7 Å². The van der Waals surface area contributed by atoms with Crippen LogP contribution in [0.4, 0.5) is 19.0 Å². The molecule has 3 N–H and O–H groups in total. The molecule has 2 aromatic rings. The molecule has 2 aliphatic heterocycles. The van der Waals surface area contributed by atoms with Crippen molar-refractivity contribution in [3.05, 3.63) is 58.8 Å². The van der Waals surface area contributed by atoms with Crippen LogP contribution >= 0.6 is 0 Å². The Morgan fingerprint density at radius 3 is 2.81 bits per heavy atom. The number of carboxylic acid groups (broad SMARTS) is 1. The average Bonchev–Trinajstić information content (AvgIpc) is 3.32. The number of carboxylic acids is 1. The summed E-state index contributed by atoms with van der Waals surface area (Å²) in [6.45, 7) is 3.03. The van der Waals surface area contributed by atoms with E-state index < -0.39 is 35.2 Å². The molecule has 36 heavy (non-hydrogen) atoms. The highest BCUT2D eigenvalue weighted by molar-refractivity contribution is 5.98. The van der Waals surface area contributed by atoms with Gasteiger partial charge in [-0.1, -0.05) is 18.2 Å². The fraction of sp³-hybridized carbons (Fsp3) is 0.500. The van der Waals surface area contributed by atoms with Gasteiger partial charge in [0.1, 0.15) is 11.9 Å². The number of pyridine rings is 1. The fourth-order valence-electron chi connectivity index (χ4n) is 4.95. The quantitative estimate of drug-likeness (QED) is 0.478. The van der Waals surface area contributed by atoms with Crippen molar-refractivity contribution < 1.29 is 27.9 Å².